The highest BCUT2D eigenvalue weighted by Crippen LogP contribution is 2.12. The second-order valence-electron chi connectivity index (χ2n) is 3.28. The summed E-state index contributed by atoms with van der Waals surface area (Å²) in [6.07, 6.45) is 5.40. The van der Waals surface area contributed by atoms with Crippen molar-refractivity contribution in [1.29, 1.82) is 0 Å². The highest BCUT2D eigenvalue weighted by Gasteiger charge is 1.94. The first kappa shape index (κ1) is 11.3. The molecular weight excluding hydrogens is 184 g/mol. The van der Waals surface area contributed by atoms with Crippen molar-refractivity contribution in [2.45, 2.75) is 6.92 Å². The second kappa shape index (κ2) is 5.86. The zero-order valence-electron chi connectivity index (χ0n) is 9.07. The van der Waals surface area contributed by atoms with Gasteiger partial charge >= 0.3 is 0 Å². The van der Waals surface area contributed by atoms with E-state index < -0.39 is 0 Å². The number of hydrogen-bond acceptors (Lipinski definition) is 1. The van der Waals surface area contributed by atoms with Crippen LogP contribution in [0.5, 0.6) is 5.75 Å². The Morgan fingerprint density at radius 1 is 1.27 bits per heavy atom. The van der Waals surface area contributed by atoms with Gasteiger partial charge in [0.15, 0.2) is 0 Å². The highest BCUT2D eigenvalue weighted by atomic mass is 16.5. The molecule has 1 rings (SSSR count). The molecular formula is C14H16O. The van der Waals surface area contributed by atoms with Gasteiger partial charge < -0.3 is 4.74 Å². The van der Waals surface area contributed by atoms with Crippen molar-refractivity contribution in [3.8, 4) is 5.75 Å². The van der Waals surface area contributed by atoms with Crippen molar-refractivity contribution < 1.29 is 4.74 Å². The van der Waals surface area contributed by atoms with Gasteiger partial charge in [-0.05, 0) is 24.6 Å². The fraction of sp³-hybridized carbons (Fsp3) is 0.143. The summed E-state index contributed by atoms with van der Waals surface area (Å²) in [5, 5.41) is 0. The van der Waals surface area contributed by atoms with Crippen molar-refractivity contribution in [3.05, 3.63) is 66.8 Å². The van der Waals surface area contributed by atoms with Crippen LogP contribution in [-0.2, 0) is 0 Å². The summed E-state index contributed by atoms with van der Waals surface area (Å²) in [6, 6.07) is 7.98. The third-order valence-corrected chi connectivity index (χ3v) is 2.02. The van der Waals surface area contributed by atoms with Crippen LogP contribution in [0.4, 0.5) is 0 Å². The minimum absolute atomic E-state index is 0.526. The number of benzene rings is 1. The first-order valence-corrected chi connectivity index (χ1v) is 4.89. The van der Waals surface area contributed by atoms with Crippen molar-refractivity contribution in [3.63, 3.8) is 0 Å². The molecule has 0 amide bonds. The molecule has 0 aliphatic carbocycles. The van der Waals surface area contributed by atoms with Crippen LogP contribution in [0.25, 0.3) is 0 Å². The van der Waals surface area contributed by atoms with Crippen LogP contribution in [0.1, 0.15) is 5.56 Å². The fourth-order valence-corrected chi connectivity index (χ4v) is 1.13. The normalized spacial score (nSPS) is 10.9. The average molecular weight is 200 g/mol. The van der Waals surface area contributed by atoms with Crippen LogP contribution >= 0.6 is 0 Å². The predicted molar refractivity (Wildman–Crippen MR) is 65.2 cm³/mol. The Labute approximate surface area is 91.4 Å². The molecule has 78 valence electrons. The molecule has 0 heterocycles. The van der Waals surface area contributed by atoms with Crippen LogP contribution in [-0.4, -0.2) is 6.61 Å². The van der Waals surface area contributed by atoms with Gasteiger partial charge in [0.1, 0.15) is 12.4 Å². The zero-order valence-corrected chi connectivity index (χ0v) is 9.07. The number of allylic oxidation sites excluding steroid dienone is 2. The van der Waals surface area contributed by atoms with Gasteiger partial charge in [-0.2, -0.15) is 0 Å². The molecule has 0 radical (unpaired) electrons. The van der Waals surface area contributed by atoms with Crippen LogP contribution in [0.3, 0.4) is 0 Å². The smallest absolute Gasteiger partial charge is 0.119 e. The van der Waals surface area contributed by atoms with E-state index in [9.17, 15) is 0 Å². The molecule has 15 heavy (non-hydrogen) atoms. The van der Waals surface area contributed by atoms with Gasteiger partial charge in [0.25, 0.3) is 0 Å². The second-order valence-corrected chi connectivity index (χ2v) is 3.28. The summed E-state index contributed by atoms with van der Waals surface area (Å²) >= 11 is 0. The van der Waals surface area contributed by atoms with Crippen molar-refractivity contribution in [2.75, 3.05) is 6.61 Å². The number of rotatable bonds is 5. The van der Waals surface area contributed by atoms with Crippen LogP contribution in [0.2, 0.25) is 0 Å². The molecule has 0 saturated heterocycles. The molecule has 0 unspecified atom stereocenters. The maximum atomic E-state index is 5.58. The van der Waals surface area contributed by atoms with Crippen molar-refractivity contribution >= 4 is 0 Å². The maximum absolute atomic E-state index is 5.58. The molecule has 0 saturated carbocycles. The number of aryl methyl sites for hydroxylation is 1. The first-order valence-electron chi connectivity index (χ1n) is 4.89. The van der Waals surface area contributed by atoms with E-state index in [1.165, 1.54) is 5.56 Å². The molecule has 0 bridgehead atoms. The van der Waals surface area contributed by atoms with Gasteiger partial charge in [0.2, 0.25) is 0 Å². The third kappa shape index (κ3) is 3.86. The quantitative estimate of drug-likeness (QED) is 0.659. The summed E-state index contributed by atoms with van der Waals surface area (Å²) in [5.41, 5.74) is 2.25. The average Bonchev–Trinajstić information content (AvgIpc) is 2.26. The standard InChI is InChI=1S/C14H16O/c1-4-6-13(5-2)11-15-14-9-7-12(3)8-10-14/h4-10H,1-2,11H2,3H3/b13-6+. The molecule has 0 atom stereocenters. The lowest BCUT2D eigenvalue weighted by Crippen LogP contribution is -1.98. The van der Waals surface area contributed by atoms with Crippen molar-refractivity contribution in [2.24, 2.45) is 0 Å². The van der Waals surface area contributed by atoms with E-state index >= 15 is 0 Å². The van der Waals surface area contributed by atoms with E-state index in [1.54, 1.807) is 12.2 Å². The number of ether oxygens (including phenoxy) is 1. The predicted octanol–water partition coefficient (Wildman–Crippen LogP) is 3.67. The van der Waals surface area contributed by atoms with Gasteiger partial charge in [-0.25, -0.2) is 0 Å². The molecule has 1 heteroatoms. The third-order valence-electron chi connectivity index (χ3n) is 2.02. The molecule has 0 aliphatic heterocycles. The van der Waals surface area contributed by atoms with Gasteiger partial charge in [-0.3, -0.25) is 0 Å². The topological polar surface area (TPSA) is 9.23 Å². The van der Waals surface area contributed by atoms with Gasteiger partial charge in [0.05, 0.1) is 0 Å². The summed E-state index contributed by atoms with van der Waals surface area (Å²) in [6.45, 7) is 9.92. The minimum Gasteiger partial charge on any atom is -0.489 e. The molecule has 1 aromatic rings. The molecule has 0 N–H and O–H groups in total. The van der Waals surface area contributed by atoms with E-state index in [0.717, 1.165) is 11.3 Å². The van der Waals surface area contributed by atoms with Crippen LogP contribution in [0, 0.1) is 6.92 Å². The number of hydrogen-bond donors (Lipinski definition) is 0. The van der Waals surface area contributed by atoms with Gasteiger partial charge in [-0.1, -0.05) is 49.1 Å². The Hall–Kier alpha value is -1.76. The van der Waals surface area contributed by atoms with Gasteiger partial charge in [0, 0.05) is 0 Å². The SMILES string of the molecule is C=C/C=C(\C=C)COc1ccc(C)cc1. The van der Waals surface area contributed by atoms with Crippen molar-refractivity contribution in [1.82, 2.24) is 0 Å². The molecule has 1 nitrogen and oxygen atoms in total. The lowest BCUT2D eigenvalue weighted by atomic mass is 10.2. The molecule has 0 fully saturated rings. The van der Waals surface area contributed by atoms with E-state index in [4.69, 9.17) is 4.74 Å². The van der Waals surface area contributed by atoms with E-state index in [0.29, 0.717) is 6.61 Å². The van der Waals surface area contributed by atoms with Crippen LogP contribution < -0.4 is 4.74 Å². The van der Waals surface area contributed by atoms with Gasteiger partial charge in [-0.15, -0.1) is 0 Å². The Balaban J connectivity index is 2.56. The monoisotopic (exact) mass is 200 g/mol. The summed E-state index contributed by atoms with van der Waals surface area (Å²) < 4.78 is 5.58. The van der Waals surface area contributed by atoms with E-state index in [-0.39, 0.29) is 0 Å². The minimum atomic E-state index is 0.526. The Morgan fingerprint density at radius 2 is 1.93 bits per heavy atom. The molecule has 0 aliphatic rings. The largest absolute Gasteiger partial charge is 0.489 e. The Bertz CT molecular complexity index is 357. The van der Waals surface area contributed by atoms with Crippen LogP contribution in [0.15, 0.2) is 61.2 Å². The zero-order chi connectivity index (χ0) is 11.1. The lowest BCUT2D eigenvalue weighted by Gasteiger charge is -2.06. The summed E-state index contributed by atoms with van der Waals surface area (Å²) in [5.74, 6) is 0.873. The molecule has 1 aromatic carbocycles. The molecule has 0 aromatic heterocycles. The lowest BCUT2D eigenvalue weighted by molar-refractivity contribution is 0.355. The summed E-state index contributed by atoms with van der Waals surface area (Å²) in [7, 11) is 0. The molecule has 0 spiro atoms. The summed E-state index contributed by atoms with van der Waals surface area (Å²) in [4.78, 5) is 0. The maximum Gasteiger partial charge on any atom is 0.119 e. The fourth-order valence-electron chi connectivity index (χ4n) is 1.13. The highest BCUT2D eigenvalue weighted by molar-refractivity contribution is 5.28. The van der Waals surface area contributed by atoms with E-state index in [2.05, 4.69) is 20.1 Å². The Kier molecular flexibility index (Phi) is 4.42. The van der Waals surface area contributed by atoms with E-state index in [1.807, 2.05) is 30.3 Å². The Morgan fingerprint density at radius 3 is 2.47 bits per heavy atom. The first-order chi connectivity index (χ1) is 7.26.